The van der Waals surface area contributed by atoms with E-state index in [1.807, 2.05) is 31.4 Å². The Hall–Kier alpha value is -2.41. The van der Waals surface area contributed by atoms with Gasteiger partial charge in [-0.05, 0) is 18.2 Å². The zero-order valence-corrected chi connectivity index (χ0v) is 11.6. The van der Waals surface area contributed by atoms with Crippen molar-refractivity contribution < 1.29 is 4.79 Å². The molecule has 0 aliphatic heterocycles. The first-order valence-electron chi connectivity index (χ1n) is 6.05. The monoisotopic (exact) mass is 287 g/mol. The summed E-state index contributed by atoms with van der Waals surface area (Å²) in [6.45, 7) is 0.376. The summed E-state index contributed by atoms with van der Waals surface area (Å²) in [6, 6.07) is 5.59. The maximum atomic E-state index is 12.2. The fourth-order valence-electron chi connectivity index (χ4n) is 1.92. The van der Waals surface area contributed by atoms with Gasteiger partial charge < -0.3 is 11.1 Å². The van der Waals surface area contributed by atoms with E-state index in [9.17, 15) is 4.79 Å². The van der Waals surface area contributed by atoms with Crippen LogP contribution in [0.3, 0.4) is 0 Å². The Labute approximate surface area is 119 Å². The minimum atomic E-state index is -0.198. The van der Waals surface area contributed by atoms with Crippen LogP contribution in [0, 0.1) is 0 Å². The molecule has 0 aliphatic rings. The molecule has 0 unspecified atom stereocenters. The third-order valence-electron chi connectivity index (χ3n) is 2.89. The summed E-state index contributed by atoms with van der Waals surface area (Å²) in [6.07, 6.45) is 3.50. The van der Waals surface area contributed by atoms with Gasteiger partial charge in [0.2, 0.25) is 0 Å². The standard InChI is InChI=1S/C13H13N5OS/c1-18-6-4-8(17-18)7-16-13(19)12-10(14)11-9(20-12)3-2-5-15-11/h2-6H,7,14H2,1H3,(H,16,19). The zero-order chi connectivity index (χ0) is 14.1. The number of aromatic nitrogens is 3. The van der Waals surface area contributed by atoms with Crippen LogP contribution in [-0.2, 0) is 13.6 Å². The molecule has 0 saturated carbocycles. The highest BCUT2D eigenvalue weighted by Gasteiger charge is 2.16. The van der Waals surface area contributed by atoms with Gasteiger partial charge in [0.1, 0.15) is 10.4 Å². The lowest BCUT2D eigenvalue weighted by Crippen LogP contribution is -2.23. The van der Waals surface area contributed by atoms with E-state index in [4.69, 9.17) is 5.73 Å². The van der Waals surface area contributed by atoms with Gasteiger partial charge >= 0.3 is 0 Å². The van der Waals surface area contributed by atoms with E-state index in [0.29, 0.717) is 22.6 Å². The van der Waals surface area contributed by atoms with E-state index in [1.54, 1.807) is 10.9 Å². The number of hydrogen-bond acceptors (Lipinski definition) is 5. The summed E-state index contributed by atoms with van der Waals surface area (Å²) in [7, 11) is 1.83. The molecular weight excluding hydrogens is 274 g/mol. The van der Waals surface area contributed by atoms with E-state index in [-0.39, 0.29) is 5.91 Å². The van der Waals surface area contributed by atoms with Gasteiger partial charge in [-0.1, -0.05) is 0 Å². The van der Waals surface area contributed by atoms with Gasteiger partial charge in [0.25, 0.3) is 5.91 Å². The molecule has 0 atom stereocenters. The molecule has 0 aromatic carbocycles. The second-order valence-electron chi connectivity index (χ2n) is 4.36. The number of hydrogen-bond donors (Lipinski definition) is 2. The molecule has 7 heteroatoms. The highest BCUT2D eigenvalue weighted by molar-refractivity contribution is 7.21. The molecule has 6 nitrogen and oxygen atoms in total. The van der Waals surface area contributed by atoms with Crippen molar-refractivity contribution in [2.45, 2.75) is 6.54 Å². The summed E-state index contributed by atoms with van der Waals surface area (Å²) < 4.78 is 2.60. The van der Waals surface area contributed by atoms with Crippen molar-refractivity contribution in [3.05, 3.63) is 41.2 Å². The Balaban J connectivity index is 1.80. The first-order valence-corrected chi connectivity index (χ1v) is 6.86. The molecule has 0 bridgehead atoms. The number of nitrogen functional groups attached to an aromatic ring is 1. The van der Waals surface area contributed by atoms with Crippen LogP contribution in [0.2, 0.25) is 0 Å². The summed E-state index contributed by atoms with van der Waals surface area (Å²) >= 11 is 1.35. The molecule has 0 spiro atoms. The van der Waals surface area contributed by atoms with Crippen molar-refractivity contribution in [3.8, 4) is 0 Å². The number of anilines is 1. The minimum absolute atomic E-state index is 0.198. The van der Waals surface area contributed by atoms with Gasteiger partial charge in [-0.2, -0.15) is 5.10 Å². The minimum Gasteiger partial charge on any atom is -0.396 e. The molecular formula is C13H13N5OS. The molecule has 0 saturated heterocycles. The van der Waals surface area contributed by atoms with Crippen LogP contribution in [0.5, 0.6) is 0 Å². The highest BCUT2D eigenvalue weighted by Crippen LogP contribution is 2.31. The highest BCUT2D eigenvalue weighted by atomic mass is 32.1. The Morgan fingerprint density at radius 2 is 2.35 bits per heavy atom. The molecule has 0 aliphatic carbocycles. The number of rotatable bonds is 3. The first-order chi connectivity index (χ1) is 9.65. The second kappa shape index (κ2) is 4.93. The maximum absolute atomic E-state index is 12.2. The van der Waals surface area contributed by atoms with Crippen LogP contribution in [0.1, 0.15) is 15.4 Å². The largest absolute Gasteiger partial charge is 0.396 e. The van der Waals surface area contributed by atoms with E-state index in [2.05, 4.69) is 15.4 Å². The quantitative estimate of drug-likeness (QED) is 0.765. The number of fused-ring (bicyclic) bond motifs is 1. The van der Waals surface area contributed by atoms with Gasteiger partial charge in [0.15, 0.2) is 0 Å². The molecule has 20 heavy (non-hydrogen) atoms. The molecule has 1 amide bonds. The summed E-state index contributed by atoms with van der Waals surface area (Å²) in [5.41, 5.74) is 7.90. The number of nitrogens with zero attached hydrogens (tertiary/aromatic N) is 3. The molecule has 0 radical (unpaired) electrons. The SMILES string of the molecule is Cn1ccc(CNC(=O)c2sc3cccnc3c2N)n1. The van der Waals surface area contributed by atoms with Crippen molar-refractivity contribution in [3.63, 3.8) is 0 Å². The van der Waals surface area contributed by atoms with Gasteiger partial charge in [-0.15, -0.1) is 11.3 Å². The molecule has 3 aromatic rings. The van der Waals surface area contributed by atoms with E-state index in [1.165, 1.54) is 11.3 Å². The number of carbonyl (C=O) groups is 1. The predicted molar refractivity (Wildman–Crippen MR) is 78.4 cm³/mol. The number of aryl methyl sites for hydroxylation is 1. The zero-order valence-electron chi connectivity index (χ0n) is 10.8. The van der Waals surface area contributed by atoms with Gasteiger partial charge in [-0.3, -0.25) is 14.5 Å². The lowest BCUT2D eigenvalue weighted by atomic mass is 10.3. The predicted octanol–water partition coefficient (Wildman–Crippen LogP) is 1.54. The van der Waals surface area contributed by atoms with E-state index < -0.39 is 0 Å². The topological polar surface area (TPSA) is 85.8 Å². The summed E-state index contributed by atoms with van der Waals surface area (Å²) in [5.74, 6) is -0.198. The van der Waals surface area contributed by atoms with Crippen LogP contribution < -0.4 is 11.1 Å². The molecule has 102 valence electrons. The molecule has 3 rings (SSSR count). The van der Waals surface area contributed by atoms with Crippen molar-refractivity contribution in [2.24, 2.45) is 7.05 Å². The van der Waals surface area contributed by atoms with E-state index >= 15 is 0 Å². The number of nitrogens with two attached hydrogens (primary N) is 1. The smallest absolute Gasteiger partial charge is 0.263 e. The van der Waals surface area contributed by atoms with Crippen molar-refractivity contribution in [1.82, 2.24) is 20.1 Å². The average Bonchev–Trinajstić information content (AvgIpc) is 3.01. The Morgan fingerprint density at radius 1 is 1.50 bits per heavy atom. The normalized spacial score (nSPS) is 10.8. The number of carbonyl (C=O) groups excluding carboxylic acids is 1. The fraction of sp³-hybridized carbons (Fsp3) is 0.154. The third kappa shape index (κ3) is 2.23. The summed E-state index contributed by atoms with van der Waals surface area (Å²) in [4.78, 5) is 16.9. The van der Waals surface area contributed by atoms with Crippen molar-refractivity contribution in [1.29, 1.82) is 0 Å². The Morgan fingerprint density at radius 3 is 3.05 bits per heavy atom. The van der Waals surface area contributed by atoms with Crippen LogP contribution in [0.25, 0.3) is 10.2 Å². The lowest BCUT2D eigenvalue weighted by Gasteiger charge is -2.01. The maximum Gasteiger partial charge on any atom is 0.263 e. The van der Waals surface area contributed by atoms with E-state index in [0.717, 1.165) is 10.4 Å². The van der Waals surface area contributed by atoms with Crippen molar-refractivity contribution in [2.75, 3.05) is 5.73 Å². The van der Waals surface area contributed by atoms with Crippen LogP contribution in [0.4, 0.5) is 5.69 Å². The van der Waals surface area contributed by atoms with Gasteiger partial charge in [0, 0.05) is 19.4 Å². The molecule has 0 fully saturated rings. The lowest BCUT2D eigenvalue weighted by molar-refractivity contribution is 0.0955. The Kier molecular flexibility index (Phi) is 3.11. The number of thiophene rings is 1. The van der Waals surface area contributed by atoms with Gasteiger partial charge in [0.05, 0.1) is 22.6 Å². The Bertz CT molecular complexity index is 776. The van der Waals surface area contributed by atoms with Gasteiger partial charge in [-0.25, -0.2) is 0 Å². The molecule has 3 N–H and O–H groups in total. The van der Waals surface area contributed by atoms with Crippen molar-refractivity contribution >= 4 is 33.1 Å². The second-order valence-corrected chi connectivity index (χ2v) is 5.41. The van der Waals surface area contributed by atoms with Crippen LogP contribution in [0.15, 0.2) is 30.6 Å². The summed E-state index contributed by atoms with van der Waals surface area (Å²) in [5, 5.41) is 7.02. The molecule has 3 aromatic heterocycles. The number of nitrogens with one attached hydrogen (secondary N) is 1. The first kappa shape index (κ1) is 12.6. The number of pyridine rings is 1. The van der Waals surface area contributed by atoms with Crippen LogP contribution >= 0.6 is 11.3 Å². The fourth-order valence-corrected chi connectivity index (χ4v) is 2.92. The average molecular weight is 287 g/mol. The van der Waals surface area contributed by atoms with Crippen LogP contribution in [-0.4, -0.2) is 20.7 Å². The third-order valence-corrected chi connectivity index (χ3v) is 4.05. The number of amides is 1. The molecule has 3 heterocycles.